The van der Waals surface area contributed by atoms with Crippen molar-refractivity contribution in [3.63, 3.8) is 0 Å². The number of benzene rings is 6. The van der Waals surface area contributed by atoms with Gasteiger partial charge < -0.3 is 14.7 Å². The molecule has 0 amide bonds. The Morgan fingerprint density at radius 3 is 1.02 bits per heavy atom. The van der Waals surface area contributed by atoms with E-state index in [0.717, 1.165) is 45.5 Å². The standard InChI is InChI=1S/C38H30I3N3/c1-27-4-3-5-38(26-27)44(34-16-10-30(41)11-17-34)37-24-22-36(23-25-37)43(33-14-8-29(40)9-15-33)35-20-18-32(19-21-35)42(2)31-12-6-28(39)7-13-31/h3-26H,1-2H3. The quantitative estimate of drug-likeness (QED) is 0.141. The van der Waals surface area contributed by atoms with Gasteiger partial charge in [0.25, 0.3) is 0 Å². The van der Waals surface area contributed by atoms with Crippen molar-refractivity contribution < 1.29 is 0 Å². The Balaban J connectivity index is 1.37. The monoisotopic (exact) mass is 909 g/mol. The van der Waals surface area contributed by atoms with E-state index in [1.165, 1.54) is 16.3 Å². The molecule has 44 heavy (non-hydrogen) atoms. The molecule has 0 spiro atoms. The van der Waals surface area contributed by atoms with Crippen LogP contribution in [0.25, 0.3) is 0 Å². The highest BCUT2D eigenvalue weighted by Crippen LogP contribution is 2.40. The third kappa shape index (κ3) is 7.07. The number of anilines is 8. The number of hydrogen-bond acceptors (Lipinski definition) is 3. The molecule has 6 aromatic carbocycles. The molecule has 0 atom stereocenters. The first kappa shape index (κ1) is 30.9. The first-order chi connectivity index (χ1) is 21.4. The molecule has 0 saturated carbocycles. The molecule has 0 bridgehead atoms. The van der Waals surface area contributed by atoms with Crippen molar-refractivity contribution in [3.8, 4) is 0 Å². The molecule has 0 saturated heterocycles. The molecule has 0 radical (unpaired) electrons. The maximum absolute atomic E-state index is 2.36. The van der Waals surface area contributed by atoms with Crippen molar-refractivity contribution in [2.75, 3.05) is 21.7 Å². The Morgan fingerprint density at radius 2 is 0.659 bits per heavy atom. The third-order valence-electron chi connectivity index (χ3n) is 7.50. The van der Waals surface area contributed by atoms with Gasteiger partial charge in [-0.25, -0.2) is 0 Å². The highest BCUT2D eigenvalue weighted by molar-refractivity contribution is 14.1. The van der Waals surface area contributed by atoms with Crippen molar-refractivity contribution in [3.05, 3.63) is 162 Å². The van der Waals surface area contributed by atoms with Gasteiger partial charge in [-0.2, -0.15) is 0 Å². The van der Waals surface area contributed by atoms with Gasteiger partial charge in [-0.15, -0.1) is 0 Å². The number of aryl methyl sites for hydroxylation is 1. The number of nitrogens with zero attached hydrogens (tertiary/aromatic N) is 3. The summed E-state index contributed by atoms with van der Waals surface area (Å²) >= 11 is 7.07. The summed E-state index contributed by atoms with van der Waals surface area (Å²) in [6.45, 7) is 2.14. The fraction of sp³-hybridized carbons (Fsp3) is 0.0526. The minimum atomic E-state index is 1.10. The Bertz CT molecular complexity index is 1840. The van der Waals surface area contributed by atoms with Crippen LogP contribution in [0.15, 0.2) is 146 Å². The molecule has 6 aromatic rings. The Labute approximate surface area is 301 Å². The zero-order chi connectivity index (χ0) is 30.6. The summed E-state index contributed by atoms with van der Waals surface area (Å²) in [5, 5.41) is 0. The van der Waals surface area contributed by atoms with Gasteiger partial charge in [0, 0.05) is 63.3 Å². The molecular formula is C38H30I3N3. The third-order valence-corrected chi connectivity index (χ3v) is 9.66. The number of halogens is 3. The molecule has 0 heterocycles. The smallest absolute Gasteiger partial charge is 0.0464 e. The molecule has 0 aromatic heterocycles. The van der Waals surface area contributed by atoms with Gasteiger partial charge in [0.05, 0.1) is 0 Å². The summed E-state index contributed by atoms with van der Waals surface area (Å²) in [7, 11) is 2.11. The van der Waals surface area contributed by atoms with E-state index in [-0.39, 0.29) is 0 Å². The lowest BCUT2D eigenvalue weighted by atomic mass is 10.1. The largest absolute Gasteiger partial charge is 0.345 e. The van der Waals surface area contributed by atoms with Crippen molar-refractivity contribution in [2.45, 2.75) is 6.92 Å². The molecule has 6 heteroatoms. The van der Waals surface area contributed by atoms with Crippen LogP contribution in [0.3, 0.4) is 0 Å². The molecule has 0 aliphatic rings. The van der Waals surface area contributed by atoms with E-state index in [9.17, 15) is 0 Å². The zero-order valence-electron chi connectivity index (χ0n) is 24.3. The van der Waals surface area contributed by atoms with Crippen LogP contribution < -0.4 is 14.7 Å². The predicted octanol–water partition coefficient (Wildman–Crippen LogP) is 12.5. The second kappa shape index (κ2) is 13.9. The van der Waals surface area contributed by atoms with Gasteiger partial charge in [-0.3, -0.25) is 0 Å². The molecule has 0 N–H and O–H groups in total. The summed E-state index contributed by atoms with van der Waals surface area (Å²) in [5.41, 5.74) is 10.2. The fourth-order valence-electron chi connectivity index (χ4n) is 5.23. The first-order valence-electron chi connectivity index (χ1n) is 14.2. The van der Waals surface area contributed by atoms with Crippen LogP contribution in [0.1, 0.15) is 5.56 Å². The fourth-order valence-corrected chi connectivity index (χ4v) is 6.31. The molecule has 3 nitrogen and oxygen atoms in total. The van der Waals surface area contributed by atoms with E-state index in [2.05, 4.69) is 242 Å². The number of hydrogen-bond donors (Lipinski definition) is 0. The first-order valence-corrected chi connectivity index (χ1v) is 17.5. The maximum atomic E-state index is 2.36. The molecule has 218 valence electrons. The van der Waals surface area contributed by atoms with Crippen LogP contribution in [-0.4, -0.2) is 7.05 Å². The van der Waals surface area contributed by atoms with Crippen LogP contribution in [0, 0.1) is 17.6 Å². The van der Waals surface area contributed by atoms with Crippen molar-refractivity contribution in [2.24, 2.45) is 0 Å². The second-order valence-electron chi connectivity index (χ2n) is 10.5. The lowest BCUT2D eigenvalue weighted by molar-refractivity contribution is 1.20. The lowest BCUT2D eigenvalue weighted by Gasteiger charge is -2.29. The van der Waals surface area contributed by atoms with Crippen LogP contribution in [0.5, 0.6) is 0 Å². The van der Waals surface area contributed by atoms with E-state index in [0.29, 0.717) is 0 Å². The normalized spacial score (nSPS) is 10.8. The summed E-state index contributed by atoms with van der Waals surface area (Å²) in [6.07, 6.45) is 0. The van der Waals surface area contributed by atoms with Gasteiger partial charge in [-0.1, -0.05) is 12.1 Å². The topological polar surface area (TPSA) is 9.72 Å². The molecule has 0 fully saturated rings. The number of rotatable bonds is 8. The van der Waals surface area contributed by atoms with Crippen LogP contribution in [0.4, 0.5) is 45.5 Å². The average Bonchev–Trinajstić information content (AvgIpc) is 3.04. The van der Waals surface area contributed by atoms with E-state index < -0.39 is 0 Å². The molecule has 6 rings (SSSR count). The Hall–Kier alpha value is -3.09. The molecule has 0 unspecified atom stereocenters. The van der Waals surface area contributed by atoms with Crippen molar-refractivity contribution in [1.82, 2.24) is 0 Å². The average molecular weight is 909 g/mol. The van der Waals surface area contributed by atoms with Gasteiger partial charge in [0.1, 0.15) is 0 Å². The minimum absolute atomic E-state index is 1.10. The Kier molecular flexibility index (Phi) is 9.77. The van der Waals surface area contributed by atoms with E-state index in [1.807, 2.05) is 0 Å². The highest BCUT2D eigenvalue weighted by Gasteiger charge is 2.17. The van der Waals surface area contributed by atoms with E-state index in [1.54, 1.807) is 0 Å². The summed E-state index contributed by atoms with van der Waals surface area (Å²) in [6, 6.07) is 52.3. The van der Waals surface area contributed by atoms with Crippen LogP contribution >= 0.6 is 67.8 Å². The van der Waals surface area contributed by atoms with E-state index in [4.69, 9.17) is 0 Å². The predicted molar refractivity (Wildman–Crippen MR) is 213 cm³/mol. The molecule has 0 aliphatic carbocycles. The molecular weight excluding hydrogens is 879 g/mol. The summed E-state index contributed by atoms with van der Waals surface area (Å²) in [5.74, 6) is 0. The summed E-state index contributed by atoms with van der Waals surface area (Å²) in [4.78, 5) is 6.85. The second-order valence-corrected chi connectivity index (χ2v) is 14.3. The van der Waals surface area contributed by atoms with Gasteiger partial charge >= 0.3 is 0 Å². The van der Waals surface area contributed by atoms with Crippen LogP contribution in [0.2, 0.25) is 0 Å². The lowest BCUT2D eigenvalue weighted by Crippen LogP contribution is -2.13. The van der Waals surface area contributed by atoms with Crippen molar-refractivity contribution >= 4 is 113 Å². The Morgan fingerprint density at radius 1 is 0.364 bits per heavy atom. The van der Waals surface area contributed by atoms with Crippen LogP contribution in [-0.2, 0) is 0 Å². The zero-order valence-corrected chi connectivity index (χ0v) is 30.8. The van der Waals surface area contributed by atoms with Gasteiger partial charge in [0.2, 0.25) is 0 Å². The minimum Gasteiger partial charge on any atom is -0.345 e. The maximum Gasteiger partial charge on any atom is 0.0464 e. The van der Waals surface area contributed by atoms with Crippen molar-refractivity contribution in [1.29, 1.82) is 0 Å². The summed E-state index contributed by atoms with van der Waals surface area (Å²) < 4.78 is 3.66. The highest BCUT2D eigenvalue weighted by atomic mass is 127. The van der Waals surface area contributed by atoms with E-state index >= 15 is 0 Å². The molecule has 0 aliphatic heterocycles. The van der Waals surface area contributed by atoms with Gasteiger partial charge in [-0.05, 0) is 214 Å². The van der Waals surface area contributed by atoms with Gasteiger partial charge in [0.15, 0.2) is 0 Å². The SMILES string of the molecule is Cc1cccc(N(c2ccc(I)cc2)c2ccc(N(c3ccc(I)cc3)c3ccc(N(C)c4ccc(I)cc4)cc3)cc2)c1.